The van der Waals surface area contributed by atoms with Crippen molar-refractivity contribution in [3.8, 4) is 0 Å². The number of carbonyl (C=O) groups excluding carboxylic acids is 3. The number of rotatable bonds is 7. The summed E-state index contributed by atoms with van der Waals surface area (Å²) in [5.74, 6) is -3.63. The highest BCUT2D eigenvalue weighted by atomic mass is 32.2. The Bertz CT molecular complexity index is 824. The zero-order valence-corrected chi connectivity index (χ0v) is 18.8. The third kappa shape index (κ3) is 4.73. The summed E-state index contributed by atoms with van der Waals surface area (Å²) >= 11 is 0. The Labute approximate surface area is 178 Å². The van der Waals surface area contributed by atoms with Crippen LogP contribution in [-0.4, -0.2) is 58.4 Å². The highest BCUT2D eigenvalue weighted by Crippen LogP contribution is 2.57. The lowest BCUT2D eigenvalue weighted by molar-refractivity contribution is -0.165. The highest BCUT2D eigenvalue weighted by molar-refractivity contribution is 7.86. The number of aryl methyl sites for hydroxylation is 1. The van der Waals surface area contributed by atoms with Gasteiger partial charge >= 0.3 is 17.9 Å². The summed E-state index contributed by atoms with van der Waals surface area (Å²) in [6, 6.07) is 6.65. The number of aliphatic hydroxyl groups excluding tert-OH is 1. The van der Waals surface area contributed by atoms with Gasteiger partial charge in [0.05, 0.1) is 31.1 Å². The second kappa shape index (κ2) is 8.85. The van der Waals surface area contributed by atoms with Crippen molar-refractivity contribution >= 4 is 28.7 Å². The first kappa shape index (κ1) is 24.0. The lowest BCUT2D eigenvalue weighted by Gasteiger charge is -2.27. The van der Waals surface area contributed by atoms with Crippen LogP contribution >= 0.6 is 0 Å². The summed E-state index contributed by atoms with van der Waals surface area (Å²) in [4.78, 5) is 37.8. The third-order valence-electron chi connectivity index (χ3n) is 4.96. The zero-order chi connectivity index (χ0) is 22.9. The van der Waals surface area contributed by atoms with E-state index in [1.807, 2.05) is 6.92 Å². The van der Waals surface area contributed by atoms with Crippen molar-refractivity contribution in [3.63, 3.8) is 0 Å². The number of esters is 3. The maximum Gasteiger partial charge on any atom is 0.325 e. The van der Waals surface area contributed by atoms with E-state index in [4.69, 9.17) is 14.2 Å². The third-order valence-corrected chi connectivity index (χ3v) is 6.63. The fraction of sp³-hybridized carbons (Fsp3) is 0.571. The molecule has 0 saturated heterocycles. The van der Waals surface area contributed by atoms with E-state index < -0.39 is 57.0 Å². The van der Waals surface area contributed by atoms with Crippen LogP contribution in [0.4, 0.5) is 0 Å². The van der Waals surface area contributed by atoms with Crippen molar-refractivity contribution in [1.29, 1.82) is 0 Å². The van der Waals surface area contributed by atoms with Crippen LogP contribution in [0, 0.1) is 18.3 Å². The standard InChI is InChI=1S/C21H28O8S/c1-12-7-9-13(10-8-12)30(26)16(17(23)29-20(2,3)4)15(22)14-11-21(14,18(24)27-5)19(25)28-6/h7-10,14-16,22H,11H2,1-6H3/t14?,15?,16?,30-/m0/s1. The first-order chi connectivity index (χ1) is 13.9. The van der Waals surface area contributed by atoms with Gasteiger partial charge in [-0.25, -0.2) is 0 Å². The van der Waals surface area contributed by atoms with Crippen LogP contribution in [0.5, 0.6) is 0 Å². The summed E-state index contributed by atoms with van der Waals surface area (Å²) in [5.41, 5.74) is -1.69. The van der Waals surface area contributed by atoms with E-state index in [1.54, 1.807) is 45.0 Å². The molecule has 0 amide bonds. The first-order valence-electron chi connectivity index (χ1n) is 9.44. The van der Waals surface area contributed by atoms with Crippen LogP contribution in [0.25, 0.3) is 0 Å². The summed E-state index contributed by atoms with van der Waals surface area (Å²) in [6.45, 7) is 6.80. The van der Waals surface area contributed by atoms with Gasteiger partial charge in [0, 0.05) is 10.8 Å². The van der Waals surface area contributed by atoms with Crippen LogP contribution in [0.3, 0.4) is 0 Å². The topological polar surface area (TPSA) is 116 Å². The largest absolute Gasteiger partial charge is 0.468 e. The Morgan fingerprint density at radius 2 is 1.60 bits per heavy atom. The molecule has 0 spiro atoms. The molecule has 0 radical (unpaired) electrons. The van der Waals surface area contributed by atoms with Gasteiger partial charge in [-0.05, 0) is 46.2 Å². The number of hydrogen-bond acceptors (Lipinski definition) is 8. The van der Waals surface area contributed by atoms with Crippen LogP contribution in [0.15, 0.2) is 29.2 Å². The van der Waals surface area contributed by atoms with Crippen LogP contribution in [0.1, 0.15) is 32.8 Å². The molecular weight excluding hydrogens is 412 g/mol. The van der Waals surface area contributed by atoms with E-state index in [1.165, 1.54) is 0 Å². The Hall–Kier alpha value is -2.26. The minimum atomic E-state index is -2.00. The number of carbonyl (C=O) groups is 3. The number of methoxy groups -OCH3 is 2. The fourth-order valence-corrected chi connectivity index (χ4v) is 4.72. The van der Waals surface area contributed by atoms with Gasteiger partial charge in [-0.2, -0.15) is 0 Å². The molecule has 1 fully saturated rings. The quantitative estimate of drug-likeness (QED) is 0.385. The van der Waals surface area contributed by atoms with E-state index in [0.717, 1.165) is 19.8 Å². The molecule has 2 rings (SSSR count). The SMILES string of the molecule is COC(=O)C1(C(=O)OC)CC1C(O)C(C(=O)OC(C)(C)C)[S@@](=O)c1ccc(C)cc1. The lowest BCUT2D eigenvalue weighted by Crippen LogP contribution is -2.45. The number of aliphatic hydroxyl groups is 1. The molecule has 3 unspecified atom stereocenters. The number of ether oxygens (including phenoxy) is 3. The molecule has 1 saturated carbocycles. The maximum absolute atomic E-state index is 13.3. The second-order valence-electron chi connectivity index (χ2n) is 8.32. The molecule has 166 valence electrons. The average Bonchev–Trinajstić information content (AvgIpc) is 3.42. The van der Waals surface area contributed by atoms with Gasteiger partial charge in [0.2, 0.25) is 0 Å². The van der Waals surface area contributed by atoms with E-state index >= 15 is 0 Å². The van der Waals surface area contributed by atoms with Gasteiger partial charge in [-0.15, -0.1) is 0 Å². The molecule has 0 aromatic heterocycles. The molecule has 8 nitrogen and oxygen atoms in total. The Balaban J connectivity index is 2.42. The summed E-state index contributed by atoms with van der Waals surface area (Å²) in [6.07, 6.45) is -1.68. The zero-order valence-electron chi connectivity index (χ0n) is 18.0. The molecule has 1 aromatic carbocycles. The molecule has 0 heterocycles. The van der Waals surface area contributed by atoms with Crippen molar-refractivity contribution in [3.05, 3.63) is 29.8 Å². The van der Waals surface area contributed by atoms with Crippen molar-refractivity contribution in [2.24, 2.45) is 11.3 Å². The highest BCUT2D eigenvalue weighted by Gasteiger charge is 2.71. The normalized spacial score (nSPS) is 20.4. The summed E-state index contributed by atoms with van der Waals surface area (Å²) in [5, 5.41) is 9.51. The first-order valence-corrected chi connectivity index (χ1v) is 10.7. The second-order valence-corrected chi connectivity index (χ2v) is 9.89. The van der Waals surface area contributed by atoms with E-state index in [9.17, 15) is 23.7 Å². The molecule has 0 aliphatic heterocycles. The molecule has 1 N–H and O–H groups in total. The van der Waals surface area contributed by atoms with Gasteiger partial charge in [0.25, 0.3) is 0 Å². The molecule has 9 heteroatoms. The van der Waals surface area contributed by atoms with Crippen LogP contribution < -0.4 is 0 Å². The van der Waals surface area contributed by atoms with Gasteiger partial charge in [-0.1, -0.05) is 17.7 Å². The van der Waals surface area contributed by atoms with Gasteiger partial charge in [0.15, 0.2) is 10.7 Å². The Morgan fingerprint density at radius 1 is 1.10 bits per heavy atom. The number of hydrogen-bond donors (Lipinski definition) is 1. The molecule has 1 aromatic rings. The van der Waals surface area contributed by atoms with E-state index in [-0.39, 0.29) is 6.42 Å². The predicted molar refractivity (Wildman–Crippen MR) is 108 cm³/mol. The maximum atomic E-state index is 13.3. The molecular formula is C21H28O8S. The minimum absolute atomic E-state index is 0.0854. The van der Waals surface area contributed by atoms with Crippen molar-refractivity contribution in [1.82, 2.24) is 0 Å². The average molecular weight is 441 g/mol. The minimum Gasteiger partial charge on any atom is -0.468 e. The summed E-state index contributed by atoms with van der Waals surface area (Å²) in [7, 11) is 0.234. The monoisotopic (exact) mass is 440 g/mol. The van der Waals surface area contributed by atoms with E-state index in [0.29, 0.717) is 4.90 Å². The Kier molecular flexibility index (Phi) is 7.08. The fourth-order valence-electron chi connectivity index (χ4n) is 3.36. The lowest BCUT2D eigenvalue weighted by atomic mass is 9.99. The van der Waals surface area contributed by atoms with Crippen molar-refractivity contribution < 1.29 is 37.9 Å². The Morgan fingerprint density at radius 3 is 2.03 bits per heavy atom. The predicted octanol–water partition coefficient (Wildman–Crippen LogP) is 1.53. The molecule has 1 aliphatic carbocycles. The van der Waals surface area contributed by atoms with E-state index in [2.05, 4.69) is 0 Å². The van der Waals surface area contributed by atoms with Gasteiger partial charge in [0.1, 0.15) is 5.60 Å². The number of benzene rings is 1. The van der Waals surface area contributed by atoms with Crippen LogP contribution in [0.2, 0.25) is 0 Å². The van der Waals surface area contributed by atoms with Crippen molar-refractivity contribution in [2.75, 3.05) is 14.2 Å². The van der Waals surface area contributed by atoms with Crippen LogP contribution in [-0.2, 0) is 39.4 Å². The van der Waals surface area contributed by atoms with Gasteiger partial charge in [-0.3, -0.25) is 18.6 Å². The summed E-state index contributed by atoms with van der Waals surface area (Å²) < 4.78 is 28.1. The van der Waals surface area contributed by atoms with Crippen molar-refractivity contribution in [2.45, 2.75) is 56.0 Å². The van der Waals surface area contributed by atoms with Gasteiger partial charge < -0.3 is 19.3 Å². The smallest absolute Gasteiger partial charge is 0.325 e. The molecule has 30 heavy (non-hydrogen) atoms. The molecule has 1 aliphatic rings. The molecule has 0 bridgehead atoms. The molecule has 4 atom stereocenters.